The van der Waals surface area contributed by atoms with Crippen LogP contribution in [0, 0.1) is 26.0 Å². The van der Waals surface area contributed by atoms with Crippen LogP contribution in [0.4, 0.5) is 0 Å². The Kier molecular flexibility index (Phi) is 8.06. The third kappa shape index (κ3) is 5.46. The summed E-state index contributed by atoms with van der Waals surface area (Å²) in [7, 11) is 0. The minimum absolute atomic E-state index is 0. The van der Waals surface area contributed by atoms with Crippen LogP contribution in [0.15, 0.2) is 152 Å². The van der Waals surface area contributed by atoms with Crippen LogP contribution in [0.25, 0.3) is 71.9 Å². The van der Waals surface area contributed by atoms with Crippen LogP contribution in [-0.4, -0.2) is 23.9 Å². The van der Waals surface area contributed by atoms with Crippen molar-refractivity contribution >= 4 is 43.6 Å². The molecule has 0 aliphatic rings. The maximum Gasteiger partial charge on any atom is 2.00 e. The number of para-hydroxylation sites is 3. The van der Waals surface area contributed by atoms with E-state index in [2.05, 4.69) is 131 Å². The van der Waals surface area contributed by atoms with Crippen LogP contribution in [0.3, 0.4) is 0 Å². The van der Waals surface area contributed by atoms with Gasteiger partial charge in [-0.2, -0.15) is 17.2 Å². The molecule has 0 atom stereocenters. The molecule has 0 N–H and O–H groups in total. The van der Waals surface area contributed by atoms with E-state index in [1.807, 2.05) is 65.7 Å². The van der Waals surface area contributed by atoms with Gasteiger partial charge < -0.3 is 13.9 Å². The molecule has 53 heavy (non-hydrogen) atoms. The standard InChI is InChI=1S/C46H31N5O.Pt/c1-30-11-8-18-40-41-19-9-12-31(2)46(41)50(45(30)40)35-23-24-47-44(26-35)51-42-20-7-6-17-38(42)39-22-21-37(27-43(39)51)52-36-16-10-15-34(25-36)49-29-33(28-48-49)32-13-4-3-5-14-32;/h3-24,26,28-29H,1-2H3;/q-2;+2. The molecule has 6 nitrogen and oxygen atoms in total. The van der Waals surface area contributed by atoms with Crippen molar-refractivity contribution in [3.8, 4) is 39.8 Å². The molecule has 0 unspecified atom stereocenters. The number of aromatic nitrogens is 5. The summed E-state index contributed by atoms with van der Waals surface area (Å²) < 4.78 is 12.8. The van der Waals surface area contributed by atoms with Crippen molar-refractivity contribution in [1.29, 1.82) is 0 Å². The fourth-order valence-electron chi connectivity index (χ4n) is 7.54. The summed E-state index contributed by atoms with van der Waals surface area (Å²) in [4.78, 5) is 4.95. The zero-order valence-corrected chi connectivity index (χ0v) is 31.2. The molecular formula is C46H31N5OPt. The Morgan fingerprint density at radius 1 is 0.585 bits per heavy atom. The Morgan fingerprint density at radius 3 is 2.08 bits per heavy atom. The number of rotatable bonds is 6. The molecule has 0 saturated heterocycles. The van der Waals surface area contributed by atoms with Crippen molar-refractivity contribution < 1.29 is 25.8 Å². The average Bonchev–Trinajstić information content (AvgIpc) is 3.90. The van der Waals surface area contributed by atoms with E-state index in [0.29, 0.717) is 11.5 Å². The Morgan fingerprint density at radius 2 is 1.28 bits per heavy atom. The average molecular weight is 865 g/mol. The molecule has 4 heterocycles. The van der Waals surface area contributed by atoms with Crippen LogP contribution in [0.2, 0.25) is 0 Å². The summed E-state index contributed by atoms with van der Waals surface area (Å²) in [6.45, 7) is 4.37. The number of pyridine rings is 1. The van der Waals surface area contributed by atoms with Crippen molar-refractivity contribution in [1.82, 2.24) is 23.9 Å². The molecule has 4 aromatic heterocycles. The number of ether oxygens (including phenoxy) is 1. The second-order valence-electron chi connectivity index (χ2n) is 13.1. The molecule has 0 amide bonds. The number of hydrogen-bond donors (Lipinski definition) is 0. The van der Waals surface area contributed by atoms with Gasteiger partial charge in [0, 0.05) is 51.8 Å². The Bertz CT molecular complexity index is 2910. The molecular weight excluding hydrogens is 834 g/mol. The topological polar surface area (TPSA) is 49.8 Å². The zero-order chi connectivity index (χ0) is 34.8. The van der Waals surface area contributed by atoms with E-state index in [9.17, 15) is 0 Å². The number of benzene rings is 6. The predicted octanol–water partition coefficient (Wildman–Crippen LogP) is 11.1. The van der Waals surface area contributed by atoms with Gasteiger partial charge in [0.2, 0.25) is 0 Å². The first kappa shape index (κ1) is 32.7. The van der Waals surface area contributed by atoms with E-state index >= 15 is 0 Å². The van der Waals surface area contributed by atoms with Crippen LogP contribution in [0.5, 0.6) is 11.5 Å². The summed E-state index contributed by atoms with van der Waals surface area (Å²) in [5.74, 6) is 1.96. The van der Waals surface area contributed by atoms with Crippen LogP contribution in [-0.2, 0) is 21.1 Å². The minimum atomic E-state index is 0. The first-order chi connectivity index (χ1) is 25.6. The van der Waals surface area contributed by atoms with Gasteiger partial charge in [0.1, 0.15) is 5.82 Å². The van der Waals surface area contributed by atoms with E-state index in [0.717, 1.165) is 50.1 Å². The molecule has 0 fully saturated rings. The zero-order valence-electron chi connectivity index (χ0n) is 28.9. The normalized spacial score (nSPS) is 11.4. The van der Waals surface area contributed by atoms with E-state index in [4.69, 9.17) is 9.72 Å². The molecule has 256 valence electrons. The minimum Gasteiger partial charge on any atom is -0.509 e. The maximum absolute atomic E-state index is 6.44. The maximum atomic E-state index is 6.44. The van der Waals surface area contributed by atoms with Gasteiger partial charge in [-0.05, 0) is 53.7 Å². The molecule has 7 heteroatoms. The summed E-state index contributed by atoms with van der Waals surface area (Å²) >= 11 is 0. The van der Waals surface area contributed by atoms with Crippen LogP contribution in [0.1, 0.15) is 11.1 Å². The first-order valence-electron chi connectivity index (χ1n) is 17.3. The monoisotopic (exact) mass is 864 g/mol. The second-order valence-corrected chi connectivity index (χ2v) is 13.1. The van der Waals surface area contributed by atoms with E-state index < -0.39 is 0 Å². The summed E-state index contributed by atoms with van der Waals surface area (Å²) in [5.41, 5.74) is 10.8. The first-order valence-corrected chi connectivity index (χ1v) is 17.3. The van der Waals surface area contributed by atoms with Gasteiger partial charge >= 0.3 is 21.1 Å². The Labute approximate surface area is 320 Å². The van der Waals surface area contributed by atoms with E-state index in [1.54, 1.807) is 0 Å². The summed E-state index contributed by atoms with van der Waals surface area (Å²) in [6.07, 6.45) is 5.77. The van der Waals surface area contributed by atoms with Gasteiger partial charge in [-0.25, -0.2) is 4.98 Å². The number of fused-ring (bicyclic) bond motifs is 6. The summed E-state index contributed by atoms with van der Waals surface area (Å²) in [5, 5.41) is 9.28. The van der Waals surface area contributed by atoms with Crippen molar-refractivity contribution in [3.63, 3.8) is 0 Å². The number of aryl methyl sites for hydroxylation is 2. The van der Waals surface area contributed by atoms with Crippen molar-refractivity contribution in [2.45, 2.75) is 13.8 Å². The van der Waals surface area contributed by atoms with Crippen LogP contribution >= 0.6 is 0 Å². The van der Waals surface area contributed by atoms with Crippen molar-refractivity contribution in [2.75, 3.05) is 0 Å². The molecule has 0 aliphatic carbocycles. The number of hydrogen-bond acceptors (Lipinski definition) is 3. The largest absolute Gasteiger partial charge is 2.00 e. The van der Waals surface area contributed by atoms with Crippen LogP contribution < -0.4 is 4.74 Å². The molecule has 10 rings (SSSR count). The summed E-state index contributed by atoms with van der Waals surface area (Å²) in [6, 6.07) is 52.9. The predicted molar refractivity (Wildman–Crippen MR) is 209 cm³/mol. The molecule has 0 radical (unpaired) electrons. The quantitative estimate of drug-likeness (QED) is 0.157. The smallest absolute Gasteiger partial charge is 0.509 e. The third-order valence-corrected chi connectivity index (χ3v) is 9.90. The van der Waals surface area contributed by atoms with E-state index in [1.165, 1.54) is 32.9 Å². The SMILES string of the molecule is Cc1cccc2c3cccc(C)c3n(-c3ccnc(-n4c5[c-]c(Oc6[c-]c(-n7cc(-c8ccccc8)cn7)ccc6)ccc5c5ccccc54)c3)c12.[Pt+2]. The molecule has 6 aromatic carbocycles. The molecule has 0 spiro atoms. The molecule has 0 aliphatic heterocycles. The number of nitrogens with zero attached hydrogens (tertiary/aromatic N) is 5. The molecule has 0 saturated carbocycles. The van der Waals surface area contributed by atoms with Gasteiger partial charge in [-0.3, -0.25) is 4.68 Å². The fourth-order valence-corrected chi connectivity index (χ4v) is 7.54. The Hall–Kier alpha value is -6.23. The van der Waals surface area contributed by atoms with Gasteiger partial charge in [0.25, 0.3) is 0 Å². The van der Waals surface area contributed by atoms with Crippen molar-refractivity contribution in [2.24, 2.45) is 0 Å². The Balaban J connectivity index is 0.00000372. The molecule has 0 bridgehead atoms. The van der Waals surface area contributed by atoms with Gasteiger partial charge in [-0.15, -0.1) is 35.7 Å². The third-order valence-electron chi connectivity index (χ3n) is 9.90. The van der Waals surface area contributed by atoms with Gasteiger partial charge in [-0.1, -0.05) is 90.4 Å². The second kappa shape index (κ2) is 13.1. The fraction of sp³-hybridized carbons (Fsp3) is 0.0435. The van der Waals surface area contributed by atoms with Gasteiger partial charge in [0.15, 0.2) is 0 Å². The van der Waals surface area contributed by atoms with Crippen molar-refractivity contribution in [3.05, 3.63) is 175 Å². The van der Waals surface area contributed by atoms with E-state index in [-0.39, 0.29) is 21.1 Å². The van der Waals surface area contributed by atoms with Gasteiger partial charge in [0.05, 0.1) is 22.9 Å². The molecule has 10 aromatic rings.